The molecule has 4 heteroatoms. The summed E-state index contributed by atoms with van der Waals surface area (Å²) in [5.41, 5.74) is 2.07. The minimum absolute atomic E-state index is 0.459. The fourth-order valence-electron chi connectivity index (χ4n) is 2.84. The molecule has 0 bridgehead atoms. The highest BCUT2D eigenvalue weighted by molar-refractivity contribution is 5.84. The molecule has 1 aromatic rings. The summed E-state index contributed by atoms with van der Waals surface area (Å²) in [5.74, 6) is 1.07. The van der Waals surface area contributed by atoms with Crippen LogP contribution < -0.4 is 4.74 Å². The van der Waals surface area contributed by atoms with Gasteiger partial charge in [0, 0.05) is 0 Å². The van der Waals surface area contributed by atoms with Gasteiger partial charge in [-0.2, -0.15) is 0 Å². The van der Waals surface area contributed by atoms with Gasteiger partial charge in [-0.15, -0.1) is 0 Å². The normalized spacial score (nSPS) is 25.4. The first-order chi connectivity index (χ1) is 9.60. The zero-order chi connectivity index (χ0) is 14.3. The number of rotatable bonds is 5. The van der Waals surface area contributed by atoms with Gasteiger partial charge in [0.1, 0.15) is 12.0 Å². The number of carboxylic acid groups (broad SMARTS) is 1. The van der Waals surface area contributed by atoms with Crippen molar-refractivity contribution in [3.05, 3.63) is 41.3 Å². The molecule has 2 N–H and O–H groups in total. The Morgan fingerprint density at radius 2 is 2.15 bits per heavy atom. The van der Waals surface area contributed by atoms with Gasteiger partial charge >= 0.3 is 5.97 Å². The van der Waals surface area contributed by atoms with Gasteiger partial charge in [0.15, 0.2) is 0 Å². The highest BCUT2D eigenvalue weighted by Crippen LogP contribution is 2.59. The predicted molar refractivity (Wildman–Crippen MR) is 73.7 cm³/mol. The first kappa shape index (κ1) is 13.0. The first-order valence-corrected chi connectivity index (χ1v) is 6.96. The van der Waals surface area contributed by atoms with Crippen LogP contribution in [0.1, 0.15) is 36.3 Å². The van der Waals surface area contributed by atoms with Crippen LogP contribution in [0.2, 0.25) is 0 Å². The zero-order valence-corrected chi connectivity index (χ0v) is 11.4. The summed E-state index contributed by atoms with van der Waals surface area (Å²) in [7, 11) is 0. The van der Waals surface area contributed by atoms with Crippen LogP contribution in [-0.2, 0) is 4.79 Å². The maximum atomic E-state index is 10.9. The fraction of sp³-hybridized carbons (Fsp3) is 0.438. The lowest BCUT2D eigenvalue weighted by Gasteiger charge is -2.10. The highest BCUT2D eigenvalue weighted by Gasteiger charge is 2.47. The van der Waals surface area contributed by atoms with Gasteiger partial charge in [-0.25, -0.2) is 4.79 Å². The number of hydrogen-bond donors (Lipinski definition) is 2. The van der Waals surface area contributed by atoms with Crippen molar-refractivity contribution in [2.75, 3.05) is 0 Å². The molecule has 0 amide bonds. The van der Waals surface area contributed by atoms with Crippen molar-refractivity contribution >= 4 is 5.97 Å². The number of carbonyl (C=O) groups is 1. The molecular weight excluding hydrogens is 256 g/mol. The van der Waals surface area contributed by atoms with Crippen molar-refractivity contribution in [3.63, 3.8) is 0 Å². The van der Waals surface area contributed by atoms with Gasteiger partial charge in [-0.05, 0) is 61.1 Å². The summed E-state index contributed by atoms with van der Waals surface area (Å²) in [4.78, 5) is 10.9. The Morgan fingerprint density at radius 3 is 2.75 bits per heavy atom. The SMILES string of the molecule is Cc1ccc(C2CC2C2CC2)cc1OC(=CO)C(=O)O. The number of carboxylic acids is 1. The van der Waals surface area contributed by atoms with E-state index in [2.05, 4.69) is 6.07 Å². The number of hydrogen-bond acceptors (Lipinski definition) is 3. The van der Waals surface area contributed by atoms with E-state index >= 15 is 0 Å². The molecule has 0 spiro atoms. The fourth-order valence-corrected chi connectivity index (χ4v) is 2.84. The summed E-state index contributed by atoms with van der Waals surface area (Å²) in [6.45, 7) is 1.86. The van der Waals surface area contributed by atoms with Crippen molar-refractivity contribution in [2.45, 2.75) is 32.1 Å². The number of benzene rings is 1. The topological polar surface area (TPSA) is 66.8 Å². The molecule has 0 heterocycles. The van der Waals surface area contributed by atoms with Gasteiger partial charge in [0.25, 0.3) is 0 Å². The Labute approximate surface area is 117 Å². The number of aliphatic hydroxyl groups is 1. The molecule has 2 aliphatic rings. The summed E-state index contributed by atoms with van der Waals surface area (Å²) >= 11 is 0. The average Bonchev–Trinajstić information content (AvgIpc) is 3.27. The van der Waals surface area contributed by atoms with Gasteiger partial charge < -0.3 is 14.9 Å². The minimum atomic E-state index is -1.28. The molecule has 0 aliphatic heterocycles. The molecule has 106 valence electrons. The van der Waals surface area contributed by atoms with E-state index in [4.69, 9.17) is 14.9 Å². The standard InChI is InChI=1S/C16H18O4/c1-9-2-3-11(13-7-12(13)10-4-5-10)6-14(9)20-15(8-17)16(18)19/h2-3,6,8,10,12-13,17H,4-5,7H2,1H3,(H,18,19). The number of aliphatic hydroxyl groups excluding tert-OH is 1. The zero-order valence-electron chi connectivity index (χ0n) is 11.4. The second kappa shape index (κ2) is 4.85. The van der Waals surface area contributed by atoms with E-state index in [-0.39, 0.29) is 0 Å². The summed E-state index contributed by atoms with van der Waals surface area (Å²) in [5, 5.41) is 17.8. The molecule has 2 saturated carbocycles. The van der Waals surface area contributed by atoms with Crippen LogP contribution in [0.25, 0.3) is 0 Å². The second-order valence-electron chi connectivity index (χ2n) is 5.77. The van der Waals surface area contributed by atoms with Gasteiger partial charge in [-0.1, -0.05) is 12.1 Å². The molecule has 2 fully saturated rings. The Kier molecular flexibility index (Phi) is 3.16. The lowest BCUT2D eigenvalue weighted by atomic mass is 10.0. The third-order valence-corrected chi connectivity index (χ3v) is 4.26. The quantitative estimate of drug-likeness (QED) is 0.638. The van der Waals surface area contributed by atoms with E-state index in [0.717, 1.165) is 17.4 Å². The van der Waals surface area contributed by atoms with Crippen LogP contribution in [0.15, 0.2) is 30.2 Å². The van der Waals surface area contributed by atoms with Crippen molar-refractivity contribution in [2.24, 2.45) is 11.8 Å². The summed E-state index contributed by atoms with van der Waals surface area (Å²) < 4.78 is 5.30. The van der Waals surface area contributed by atoms with Crippen LogP contribution in [0, 0.1) is 18.8 Å². The third-order valence-electron chi connectivity index (χ3n) is 4.26. The average molecular weight is 274 g/mol. The lowest BCUT2D eigenvalue weighted by Crippen LogP contribution is -2.08. The molecule has 2 aliphatic carbocycles. The van der Waals surface area contributed by atoms with Gasteiger partial charge in [0.2, 0.25) is 5.76 Å². The van der Waals surface area contributed by atoms with Crippen LogP contribution in [0.4, 0.5) is 0 Å². The van der Waals surface area contributed by atoms with Crippen molar-refractivity contribution < 1.29 is 19.7 Å². The number of ether oxygens (including phenoxy) is 1. The molecular formula is C16H18O4. The molecule has 20 heavy (non-hydrogen) atoms. The Bertz CT molecular complexity index is 572. The van der Waals surface area contributed by atoms with Crippen LogP contribution in [0.3, 0.4) is 0 Å². The molecule has 1 aromatic carbocycles. The predicted octanol–water partition coefficient (Wildman–Crippen LogP) is 3.37. The van der Waals surface area contributed by atoms with E-state index < -0.39 is 11.7 Å². The Hall–Kier alpha value is -1.97. The van der Waals surface area contributed by atoms with E-state index in [9.17, 15) is 4.79 Å². The van der Waals surface area contributed by atoms with E-state index in [1.54, 1.807) is 0 Å². The monoisotopic (exact) mass is 274 g/mol. The minimum Gasteiger partial charge on any atom is -0.511 e. The second-order valence-corrected chi connectivity index (χ2v) is 5.77. The van der Waals surface area contributed by atoms with Crippen molar-refractivity contribution in [1.82, 2.24) is 0 Å². The van der Waals surface area contributed by atoms with E-state index in [1.807, 2.05) is 19.1 Å². The van der Waals surface area contributed by atoms with E-state index in [1.165, 1.54) is 24.8 Å². The van der Waals surface area contributed by atoms with Crippen LogP contribution >= 0.6 is 0 Å². The van der Waals surface area contributed by atoms with Crippen molar-refractivity contribution in [3.8, 4) is 5.75 Å². The third kappa shape index (κ3) is 2.50. The van der Waals surface area contributed by atoms with Gasteiger partial charge in [-0.3, -0.25) is 0 Å². The van der Waals surface area contributed by atoms with Crippen LogP contribution in [0.5, 0.6) is 5.75 Å². The molecule has 0 radical (unpaired) electrons. The van der Waals surface area contributed by atoms with E-state index in [0.29, 0.717) is 17.9 Å². The molecule has 0 aromatic heterocycles. The molecule has 4 nitrogen and oxygen atoms in total. The Balaban J connectivity index is 1.78. The van der Waals surface area contributed by atoms with Crippen molar-refractivity contribution in [1.29, 1.82) is 0 Å². The maximum absolute atomic E-state index is 10.9. The summed E-state index contributed by atoms with van der Waals surface area (Å²) in [6, 6.07) is 5.96. The Morgan fingerprint density at radius 1 is 1.40 bits per heavy atom. The van der Waals surface area contributed by atoms with Crippen LogP contribution in [-0.4, -0.2) is 16.2 Å². The summed E-state index contributed by atoms with van der Waals surface area (Å²) in [6.07, 6.45) is 4.42. The number of aliphatic carboxylic acids is 1. The molecule has 2 unspecified atom stereocenters. The lowest BCUT2D eigenvalue weighted by molar-refractivity contribution is -0.135. The smallest absolute Gasteiger partial charge is 0.375 e. The number of aryl methyl sites for hydroxylation is 1. The maximum Gasteiger partial charge on any atom is 0.375 e. The first-order valence-electron chi connectivity index (χ1n) is 6.96. The molecule has 0 saturated heterocycles. The highest BCUT2D eigenvalue weighted by atomic mass is 16.5. The largest absolute Gasteiger partial charge is 0.511 e. The molecule has 3 rings (SSSR count). The van der Waals surface area contributed by atoms with Gasteiger partial charge in [0.05, 0.1) is 0 Å². The molecule has 2 atom stereocenters.